The molecule has 6 heteroatoms. The Morgan fingerprint density at radius 2 is 1.55 bits per heavy atom. The molecule has 1 amide bonds. The first-order valence-corrected chi connectivity index (χ1v) is 14.5. The molecule has 0 unspecified atom stereocenters. The van der Waals surface area contributed by atoms with E-state index in [4.69, 9.17) is 0 Å². The minimum absolute atomic E-state index is 0.0245. The average molecular weight is 523 g/mol. The number of halogens is 2. The van der Waals surface area contributed by atoms with Gasteiger partial charge in [-0.05, 0) is 118 Å². The van der Waals surface area contributed by atoms with Crippen LogP contribution in [0.1, 0.15) is 90.5 Å². The van der Waals surface area contributed by atoms with Gasteiger partial charge in [0.25, 0.3) is 5.91 Å². The first-order valence-electron chi connectivity index (χ1n) is 14.5. The molecule has 3 fully saturated rings. The van der Waals surface area contributed by atoms with E-state index in [9.17, 15) is 18.4 Å². The number of Topliss-reactive ketones (excluding diaryl/α,β-unsaturated/α-hetero) is 1. The number of ketones is 1. The van der Waals surface area contributed by atoms with E-state index >= 15 is 0 Å². The highest BCUT2D eigenvalue weighted by Crippen LogP contribution is 2.43. The molecule has 1 aliphatic carbocycles. The summed E-state index contributed by atoms with van der Waals surface area (Å²) in [4.78, 5) is 28.6. The Balaban J connectivity index is 1.28. The Labute approximate surface area is 225 Å². The zero-order valence-electron chi connectivity index (χ0n) is 22.3. The number of piperidine rings is 2. The van der Waals surface area contributed by atoms with E-state index in [0.717, 1.165) is 57.2 Å². The molecule has 3 aliphatic rings. The van der Waals surface area contributed by atoms with Crippen molar-refractivity contribution >= 4 is 11.7 Å². The van der Waals surface area contributed by atoms with Crippen LogP contribution in [-0.4, -0.2) is 48.9 Å². The third-order valence-electron chi connectivity index (χ3n) is 9.38. The van der Waals surface area contributed by atoms with Crippen molar-refractivity contribution in [2.24, 2.45) is 11.8 Å². The second kappa shape index (κ2) is 12.1. The Morgan fingerprint density at radius 3 is 2.24 bits per heavy atom. The lowest BCUT2D eigenvalue weighted by Crippen LogP contribution is -2.42. The molecule has 204 valence electrons. The second-order valence-electron chi connectivity index (χ2n) is 11.7. The lowest BCUT2D eigenvalue weighted by Gasteiger charge is -2.41. The molecule has 1 N–H and O–H groups in total. The molecular weight excluding hydrogens is 482 g/mol. The number of alkyl halides is 1. The van der Waals surface area contributed by atoms with Gasteiger partial charge < -0.3 is 10.2 Å². The molecule has 38 heavy (non-hydrogen) atoms. The summed E-state index contributed by atoms with van der Waals surface area (Å²) in [6.45, 7) is 2.95. The summed E-state index contributed by atoms with van der Waals surface area (Å²) >= 11 is 0. The van der Waals surface area contributed by atoms with Crippen LogP contribution in [0.25, 0.3) is 0 Å². The fourth-order valence-electron chi connectivity index (χ4n) is 6.95. The number of hydrogen-bond donors (Lipinski definition) is 1. The first-order chi connectivity index (χ1) is 18.4. The predicted molar refractivity (Wildman–Crippen MR) is 146 cm³/mol. The van der Waals surface area contributed by atoms with E-state index in [1.807, 2.05) is 12.1 Å². The van der Waals surface area contributed by atoms with Crippen LogP contribution in [0.5, 0.6) is 0 Å². The summed E-state index contributed by atoms with van der Waals surface area (Å²) in [5.74, 6) is 0.215. The van der Waals surface area contributed by atoms with Crippen LogP contribution >= 0.6 is 0 Å². The molecule has 2 heterocycles. The second-order valence-corrected chi connectivity index (χ2v) is 11.7. The standard InChI is InChI=1S/C32H40F2N2O2/c33-26-9-5-23(6-10-26)13-16-32(17-19-35-20-18-32)29-4-2-1-3-28(29)30(37)24-14-21-36(22-15-24)31(38)25-7-11-27(34)12-8-25/h1-4,7-8,11-12,23-24,26,35H,5-6,9-10,13-22H2. The Kier molecular flexibility index (Phi) is 8.57. The molecule has 2 aromatic rings. The van der Waals surface area contributed by atoms with Crippen molar-refractivity contribution in [2.45, 2.75) is 75.8 Å². The summed E-state index contributed by atoms with van der Waals surface area (Å²) < 4.78 is 27.0. The van der Waals surface area contributed by atoms with Gasteiger partial charge in [-0.25, -0.2) is 8.78 Å². The highest BCUT2D eigenvalue weighted by atomic mass is 19.1. The van der Waals surface area contributed by atoms with Crippen molar-refractivity contribution in [3.8, 4) is 0 Å². The van der Waals surface area contributed by atoms with Gasteiger partial charge in [0.15, 0.2) is 5.78 Å². The van der Waals surface area contributed by atoms with E-state index in [0.29, 0.717) is 50.3 Å². The molecule has 4 nitrogen and oxygen atoms in total. The fraction of sp³-hybridized carbons (Fsp3) is 0.562. The predicted octanol–water partition coefficient (Wildman–Crippen LogP) is 6.49. The van der Waals surface area contributed by atoms with Gasteiger partial charge in [0.1, 0.15) is 12.0 Å². The minimum atomic E-state index is -0.630. The number of carbonyl (C=O) groups excluding carboxylic acids is 2. The van der Waals surface area contributed by atoms with Crippen molar-refractivity contribution in [1.82, 2.24) is 10.2 Å². The molecule has 0 bridgehead atoms. The topological polar surface area (TPSA) is 49.4 Å². The fourth-order valence-corrected chi connectivity index (χ4v) is 6.95. The lowest BCUT2D eigenvalue weighted by atomic mass is 9.66. The zero-order valence-corrected chi connectivity index (χ0v) is 22.3. The maximum atomic E-state index is 13.9. The zero-order chi connectivity index (χ0) is 26.5. The maximum absolute atomic E-state index is 13.9. The van der Waals surface area contributed by atoms with E-state index < -0.39 is 6.17 Å². The van der Waals surface area contributed by atoms with Crippen LogP contribution in [0.4, 0.5) is 8.78 Å². The summed E-state index contributed by atoms with van der Waals surface area (Å²) in [7, 11) is 0. The Bertz CT molecular complexity index is 1100. The van der Waals surface area contributed by atoms with E-state index in [2.05, 4.69) is 17.4 Å². The van der Waals surface area contributed by atoms with Gasteiger partial charge in [-0.3, -0.25) is 9.59 Å². The number of hydrogen-bond acceptors (Lipinski definition) is 3. The van der Waals surface area contributed by atoms with Gasteiger partial charge >= 0.3 is 0 Å². The molecule has 1 saturated carbocycles. The van der Waals surface area contributed by atoms with E-state index in [1.54, 1.807) is 4.90 Å². The van der Waals surface area contributed by atoms with Gasteiger partial charge in [0, 0.05) is 30.1 Å². The summed E-state index contributed by atoms with van der Waals surface area (Å²) in [5, 5.41) is 3.50. The monoisotopic (exact) mass is 522 g/mol. The highest BCUT2D eigenvalue weighted by molar-refractivity contribution is 6.00. The normalized spacial score (nSPS) is 24.2. The summed E-state index contributed by atoms with van der Waals surface area (Å²) in [5.41, 5.74) is 2.50. The molecule has 5 rings (SSSR count). The first kappa shape index (κ1) is 27.0. The van der Waals surface area contributed by atoms with Crippen molar-refractivity contribution in [1.29, 1.82) is 0 Å². The van der Waals surface area contributed by atoms with Crippen molar-refractivity contribution in [2.75, 3.05) is 26.2 Å². The van der Waals surface area contributed by atoms with Crippen LogP contribution in [0, 0.1) is 17.7 Å². The van der Waals surface area contributed by atoms with Crippen LogP contribution in [0.15, 0.2) is 48.5 Å². The van der Waals surface area contributed by atoms with Crippen LogP contribution in [0.3, 0.4) is 0 Å². The van der Waals surface area contributed by atoms with Gasteiger partial charge in [-0.15, -0.1) is 0 Å². The van der Waals surface area contributed by atoms with Gasteiger partial charge in [0.2, 0.25) is 0 Å². The molecular formula is C32H40F2N2O2. The number of carbonyl (C=O) groups is 2. The van der Waals surface area contributed by atoms with Crippen molar-refractivity contribution in [3.05, 3.63) is 71.0 Å². The number of rotatable bonds is 7. The highest BCUT2D eigenvalue weighted by Gasteiger charge is 2.39. The largest absolute Gasteiger partial charge is 0.339 e. The van der Waals surface area contributed by atoms with Crippen LogP contribution in [-0.2, 0) is 5.41 Å². The molecule has 2 aliphatic heterocycles. The van der Waals surface area contributed by atoms with Crippen LogP contribution in [0.2, 0.25) is 0 Å². The summed E-state index contributed by atoms with van der Waals surface area (Å²) in [6, 6.07) is 13.9. The Morgan fingerprint density at radius 1 is 0.895 bits per heavy atom. The lowest BCUT2D eigenvalue weighted by molar-refractivity contribution is 0.0649. The molecule has 2 saturated heterocycles. The van der Waals surface area contributed by atoms with Crippen molar-refractivity contribution < 1.29 is 18.4 Å². The molecule has 0 aromatic heterocycles. The molecule has 0 atom stereocenters. The van der Waals surface area contributed by atoms with Gasteiger partial charge in [0.05, 0.1) is 0 Å². The maximum Gasteiger partial charge on any atom is 0.253 e. The molecule has 2 aromatic carbocycles. The van der Waals surface area contributed by atoms with Crippen molar-refractivity contribution in [3.63, 3.8) is 0 Å². The van der Waals surface area contributed by atoms with E-state index in [-0.39, 0.29) is 28.8 Å². The number of amides is 1. The molecule has 0 radical (unpaired) electrons. The molecule has 0 spiro atoms. The number of nitrogens with zero attached hydrogens (tertiary/aromatic N) is 1. The number of nitrogens with one attached hydrogen (secondary N) is 1. The van der Waals surface area contributed by atoms with Gasteiger partial charge in [-0.2, -0.15) is 0 Å². The third-order valence-corrected chi connectivity index (χ3v) is 9.38. The average Bonchev–Trinajstić information content (AvgIpc) is 2.97. The summed E-state index contributed by atoms with van der Waals surface area (Å²) in [6.07, 6.45) is 8.16. The number of likely N-dealkylation sites (tertiary alicyclic amines) is 1. The smallest absolute Gasteiger partial charge is 0.253 e. The quantitative estimate of drug-likeness (QED) is 0.423. The van der Waals surface area contributed by atoms with Crippen LogP contribution < -0.4 is 5.32 Å². The van der Waals surface area contributed by atoms with Gasteiger partial charge in [-0.1, -0.05) is 24.3 Å². The number of benzene rings is 2. The third kappa shape index (κ3) is 6.01. The SMILES string of the molecule is O=C(c1ccccc1C1(CCC2CCC(F)CC2)CCNCC1)C1CCN(C(=O)c2ccc(F)cc2)CC1. The minimum Gasteiger partial charge on any atom is -0.339 e. The van der Waals surface area contributed by atoms with E-state index in [1.165, 1.54) is 29.8 Å². The Hall–Kier alpha value is -2.60.